The zero-order valence-corrected chi connectivity index (χ0v) is 11.6. The van der Waals surface area contributed by atoms with E-state index < -0.39 is 5.54 Å². The van der Waals surface area contributed by atoms with Crippen LogP contribution in [0.4, 0.5) is 0 Å². The Morgan fingerprint density at radius 1 is 1.60 bits per heavy atom. The number of nitrogens with zero attached hydrogens (tertiary/aromatic N) is 1. The molecule has 0 aromatic heterocycles. The topological polar surface area (TPSA) is 96.9 Å². The molecule has 2 rings (SSSR count). The molecule has 0 fully saturated rings. The Morgan fingerprint density at radius 3 is 3.00 bits per heavy atom. The number of fused-ring (bicyclic) bond motifs is 1. The Balaban J connectivity index is 2.19. The fourth-order valence-corrected chi connectivity index (χ4v) is 2.09. The van der Waals surface area contributed by atoms with Crippen LogP contribution < -0.4 is 15.8 Å². The lowest BCUT2D eigenvalue weighted by Crippen LogP contribution is -2.55. The van der Waals surface area contributed by atoms with E-state index in [9.17, 15) is 4.79 Å². The van der Waals surface area contributed by atoms with Gasteiger partial charge in [-0.1, -0.05) is 12.1 Å². The molecule has 0 saturated heterocycles. The summed E-state index contributed by atoms with van der Waals surface area (Å²) in [5, 5.41) is 14.6. The zero-order valence-electron chi connectivity index (χ0n) is 11.6. The summed E-state index contributed by atoms with van der Waals surface area (Å²) in [6.07, 6.45) is 1.32. The summed E-state index contributed by atoms with van der Waals surface area (Å²) >= 11 is 0. The molecule has 0 saturated carbocycles. The fraction of sp³-hybridized carbons (Fsp3) is 0.429. The summed E-state index contributed by atoms with van der Waals surface area (Å²) in [6.45, 7) is 4.22. The molecule has 1 aromatic carbocycles. The second-order valence-corrected chi connectivity index (χ2v) is 5.05. The standard InChI is InChI=1S/C14H19N3O3/c1-3-14(2,13(15)17-19)16-12(18)10-4-5-11-9(8-10)6-7-20-11/h4-5,8,19H,3,6-7H2,1-2H3,(H2,15,17)(H,16,18). The predicted octanol–water partition coefficient (Wildman–Crippen LogP) is 1.27. The van der Waals surface area contributed by atoms with Crippen LogP contribution in [0.2, 0.25) is 0 Å². The highest BCUT2D eigenvalue weighted by Crippen LogP contribution is 2.26. The lowest BCUT2D eigenvalue weighted by Gasteiger charge is -2.28. The lowest BCUT2D eigenvalue weighted by atomic mass is 9.96. The van der Waals surface area contributed by atoms with Crippen LogP contribution in [0.25, 0.3) is 0 Å². The Bertz CT molecular complexity index is 557. The predicted molar refractivity (Wildman–Crippen MR) is 75.2 cm³/mol. The minimum atomic E-state index is -0.874. The Kier molecular flexibility index (Phi) is 3.83. The molecule has 0 bridgehead atoms. The van der Waals surface area contributed by atoms with Crippen LogP contribution in [0.15, 0.2) is 23.4 Å². The molecule has 6 nitrogen and oxygen atoms in total. The molecule has 1 aliphatic rings. The van der Waals surface area contributed by atoms with Gasteiger partial charge in [0.15, 0.2) is 5.84 Å². The van der Waals surface area contributed by atoms with E-state index in [2.05, 4.69) is 10.5 Å². The van der Waals surface area contributed by atoms with Crippen LogP contribution in [0.1, 0.15) is 36.2 Å². The van der Waals surface area contributed by atoms with E-state index in [0.717, 1.165) is 17.7 Å². The van der Waals surface area contributed by atoms with Crippen LogP contribution >= 0.6 is 0 Å². The third-order valence-electron chi connectivity index (χ3n) is 3.72. The number of hydrogen-bond donors (Lipinski definition) is 3. The molecule has 0 aliphatic carbocycles. The molecular formula is C14H19N3O3. The number of nitrogens with two attached hydrogens (primary N) is 1. The molecule has 1 amide bonds. The van der Waals surface area contributed by atoms with Gasteiger partial charge < -0.3 is 21.0 Å². The molecule has 108 valence electrons. The third-order valence-corrected chi connectivity index (χ3v) is 3.72. The summed E-state index contributed by atoms with van der Waals surface area (Å²) in [6, 6.07) is 5.33. The first kappa shape index (κ1) is 14.2. The van der Waals surface area contributed by atoms with E-state index in [1.807, 2.05) is 13.0 Å². The van der Waals surface area contributed by atoms with Crippen molar-refractivity contribution in [1.82, 2.24) is 5.32 Å². The van der Waals surface area contributed by atoms with Gasteiger partial charge in [0.05, 0.1) is 12.1 Å². The average Bonchev–Trinajstić information content (AvgIpc) is 2.93. The molecular weight excluding hydrogens is 258 g/mol. The van der Waals surface area contributed by atoms with Gasteiger partial charge in [-0.05, 0) is 37.1 Å². The first-order chi connectivity index (χ1) is 9.50. The van der Waals surface area contributed by atoms with Gasteiger partial charge >= 0.3 is 0 Å². The van der Waals surface area contributed by atoms with Crippen LogP contribution in [0, 0.1) is 0 Å². The smallest absolute Gasteiger partial charge is 0.252 e. The van der Waals surface area contributed by atoms with Crippen LogP contribution in [0.5, 0.6) is 5.75 Å². The number of hydrogen-bond acceptors (Lipinski definition) is 4. The largest absolute Gasteiger partial charge is 0.493 e. The van der Waals surface area contributed by atoms with E-state index in [-0.39, 0.29) is 11.7 Å². The molecule has 4 N–H and O–H groups in total. The van der Waals surface area contributed by atoms with Gasteiger partial charge in [0.25, 0.3) is 5.91 Å². The lowest BCUT2D eigenvalue weighted by molar-refractivity contribution is 0.0925. The van der Waals surface area contributed by atoms with Crippen molar-refractivity contribution >= 4 is 11.7 Å². The highest BCUT2D eigenvalue weighted by molar-refractivity contribution is 6.00. The number of benzene rings is 1. The van der Waals surface area contributed by atoms with Gasteiger partial charge in [0.1, 0.15) is 5.75 Å². The van der Waals surface area contributed by atoms with Crippen LogP contribution in [-0.4, -0.2) is 29.1 Å². The first-order valence-electron chi connectivity index (χ1n) is 6.56. The van der Waals surface area contributed by atoms with E-state index in [1.54, 1.807) is 19.1 Å². The molecule has 0 spiro atoms. The minimum absolute atomic E-state index is 0.0159. The molecule has 0 radical (unpaired) electrons. The monoisotopic (exact) mass is 277 g/mol. The molecule has 1 heterocycles. The van der Waals surface area contributed by atoms with Gasteiger partial charge in [-0.2, -0.15) is 0 Å². The molecule has 1 unspecified atom stereocenters. The number of carbonyl (C=O) groups excluding carboxylic acids is 1. The summed E-state index contributed by atoms with van der Waals surface area (Å²) in [5.74, 6) is 0.560. The van der Waals surface area contributed by atoms with E-state index in [1.165, 1.54) is 0 Å². The first-order valence-corrected chi connectivity index (χ1v) is 6.56. The number of carbonyl (C=O) groups is 1. The van der Waals surface area contributed by atoms with Gasteiger partial charge in [0.2, 0.25) is 0 Å². The number of nitrogens with one attached hydrogen (secondary N) is 1. The summed E-state index contributed by atoms with van der Waals surface area (Å²) in [7, 11) is 0. The van der Waals surface area contributed by atoms with Gasteiger partial charge in [-0.25, -0.2) is 0 Å². The van der Waals surface area contributed by atoms with E-state index in [4.69, 9.17) is 15.7 Å². The fourth-order valence-electron chi connectivity index (χ4n) is 2.09. The highest BCUT2D eigenvalue weighted by atomic mass is 16.5. The molecule has 20 heavy (non-hydrogen) atoms. The molecule has 1 aliphatic heterocycles. The second kappa shape index (κ2) is 5.40. The van der Waals surface area contributed by atoms with Crippen molar-refractivity contribution < 1.29 is 14.7 Å². The van der Waals surface area contributed by atoms with Gasteiger partial charge in [-0.3, -0.25) is 4.79 Å². The van der Waals surface area contributed by atoms with Crippen molar-refractivity contribution in [3.8, 4) is 5.75 Å². The van der Waals surface area contributed by atoms with Crippen molar-refractivity contribution in [1.29, 1.82) is 0 Å². The average molecular weight is 277 g/mol. The summed E-state index contributed by atoms with van der Waals surface area (Å²) in [4.78, 5) is 12.3. The van der Waals surface area contributed by atoms with Gasteiger partial charge in [0, 0.05) is 12.0 Å². The van der Waals surface area contributed by atoms with Gasteiger partial charge in [-0.15, -0.1) is 0 Å². The van der Waals surface area contributed by atoms with Crippen LogP contribution in [-0.2, 0) is 6.42 Å². The number of amides is 1. The number of amidine groups is 1. The maximum absolute atomic E-state index is 12.3. The normalized spacial score (nSPS) is 17.0. The maximum atomic E-state index is 12.3. The second-order valence-electron chi connectivity index (χ2n) is 5.05. The Labute approximate surface area is 117 Å². The molecule has 1 atom stereocenters. The Morgan fingerprint density at radius 2 is 2.35 bits per heavy atom. The maximum Gasteiger partial charge on any atom is 0.252 e. The van der Waals surface area contributed by atoms with Crippen molar-refractivity contribution in [2.75, 3.05) is 6.61 Å². The zero-order chi connectivity index (χ0) is 14.8. The number of ether oxygens (including phenoxy) is 1. The summed E-state index contributed by atoms with van der Waals surface area (Å²) < 4.78 is 5.41. The number of oxime groups is 1. The van der Waals surface area contributed by atoms with Crippen molar-refractivity contribution in [2.24, 2.45) is 10.9 Å². The minimum Gasteiger partial charge on any atom is -0.493 e. The summed E-state index contributed by atoms with van der Waals surface area (Å²) in [5.41, 5.74) is 6.34. The Hall–Kier alpha value is -2.24. The van der Waals surface area contributed by atoms with Crippen molar-refractivity contribution in [2.45, 2.75) is 32.2 Å². The van der Waals surface area contributed by atoms with Crippen molar-refractivity contribution in [3.63, 3.8) is 0 Å². The van der Waals surface area contributed by atoms with E-state index >= 15 is 0 Å². The highest BCUT2D eigenvalue weighted by Gasteiger charge is 2.30. The van der Waals surface area contributed by atoms with Crippen molar-refractivity contribution in [3.05, 3.63) is 29.3 Å². The third kappa shape index (κ3) is 2.54. The molecule has 6 heteroatoms. The van der Waals surface area contributed by atoms with E-state index in [0.29, 0.717) is 18.6 Å². The quantitative estimate of drug-likeness (QED) is 0.334. The molecule has 1 aromatic rings. The SMILES string of the molecule is CCC(C)(NC(=O)c1ccc2c(c1)CCO2)C(N)=NO. The number of rotatable bonds is 4. The van der Waals surface area contributed by atoms with Crippen LogP contribution in [0.3, 0.4) is 0 Å².